The number of rotatable bonds is 3. The minimum absolute atomic E-state index is 0.568. The predicted molar refractivity (Wildman–Crippen MR) is 78.2 cm³/mol. The fourth-order valence-electron chi connectivity index (χ4n) is 2.33. The van der Waals surface area contributed by atoms with Crippen LogP contribution in [0.5, 0.6) is 0 Å². The quantitative estimate of drug-likeness (QED) is 0.905. The summed E-state index contributed by atoms with van der Waals surface area (Å²) in [5.74, 6) is 1.41. The van der Waals surface area contributed by atoms with Crippen LogP contribution in [0.1, 0.15) is 24.8 Å². The monoisotopic (exact) mass is 280 g/mol. The zero-order valence-electron chi connectivity index (χ0n) is 10.4. The van der Waals surface area contributed by atoms with Crippen LogP contribution in [0, 0.1) is 12.8 Å². The number of anilines is 2. The van der Waals surface area contributed by atoms with Crippen molar-refractivity contribution in [2.75, 3.05) is 11.1 Å². The lowest BCUT2D eigenvalue weighted by Crippen LogP contribution is -2.33. The van der Waals surface area contributed by atoms with Gasteiger partial charge < -0.3 is 11.1 Å². The molecule has 1 fully saturated rings. The Morgan fingerprint density at radius 3 is 2.83 bits per heavy atom. The van der Waals surface area contributed by atoms with Crippen molar-refractivity contribution in [2.45, 2.75) is 32.7 Å². The van der Waals surface area contributed by atoms with Gasteiger partial charge in [0.1, 0.15) is 10.8 Å². The Morgan fingerprint density at radius 2 is 2.22 bits per heavy atom. The highest BCUT2D eigenvalue weighted by Crippen LogP contribution is 2.39. The Labute approximate surface area is 114 Å². The third-order valence-corrected chi connectivity index (χ3v) is 4.87. The van der Waals surface area contributed by atoms with Gasteiger partial charge in [-0.05, 0) is 37.2 Å². The van der Waals surface area contributed by atoms with Crippen molar-refractivity contribution in [1.29, 1.82) is 0 Å². The summed E-state index contributed by atoms with van der Waals surface area (Å²) in [6.07, 6.45) is 2.46. The van der Waals surface area contributed by atoms with Gasteiger partial charge in [0.05, 0.1) is 16.3 Å². The second-order valence-electron chi connectivity index (χ2n) is 4.94. The van der Waals surface area contributed by atoms with E-state index in [1.165, 1.54) is 24.4 Å². The lowest BCUT2D eigenvalue weighted by molar-refractivity contribution is 0.309. The average molecular weight is 280 g/mol. The fourth-order valence-corrected chi connectivity index (χ4v) is 3.74. The van der Waals surface area contributed by atoms with E-state index >= 15 is 0 Å². The summed E-state index contributed by atoms with van der Waals surface area (Å²) >= 11 is 3.08. The molecule has 1 saturated carbocycles. The lowest BCUT2D eigenvalue weighted by atomic mass is 9.82. The van der Waals surface area contributed by atoms with E-state index in [-0.39, 0.29) is 0 Å². The minimum Gasteiger partial charge on any atom is -0.382 e. The molecule has 0 saturated heterocycles. The lowest BCUT2D eigenvalue weighted by Gasteiger charge is -2.33. The first kappa shape index (κ1) is 11.9. The maximum absolute atomic E-state index is 5.97. The van der Waals surface area contributed by atoms with Gasteiger partial charge in [-0.15, -0.1) is 11.3 Å². The number of nitrogen functional groups attached to an aromatic ring is 1. The summed E-state index contributed by atoms with van der Waals surface area (Å²) in [4.78, 5) is 4.51. The van der Waals surface area contributed by atoms with Crippen LogP contribution in [0.3, 0.4) is 0 Å². The Bertz CT molecular complexity index is 554. The number of aryl methyl sites for hydroxylation is 1. The largest absolute Gasteiger partial charge is 0.382 e. The molecule has 2 aromatic rings. The van der Waals surface area contributed by atoms with Crippen molar-refractivity contribution in [1.82, 2.24) is 9.36 Å². The third kappa shape index (κ3) is 2.10. The molecular weight excluding hydrogens is 264 g/mol. The average Bonchev–Trinajstić information content (AvgIpc) is 2.83. The topological polar surface area (TPSA) is 63.8 Å². The molecule has 0 aliphatic heterocycles. The Morgan fingerprint density at radius 1 is 1.44 bits per heavy atom. The van der Waals surface area contributed by atoms with E-state index < -0.39 is 0 Å². The van der Waals surface area contributed by atoms with Gasteiger partial charge in [0.15, 0.2) is 0 Å². The van der Waals surface area contributed by atoms with Crippen molar-refractivity contribution in [2.24, 2.45) is 5.92 Å². The van der Waals surface area contributed by atoms with Crippen LogP contribution in [0.2, 0.25) is 0 Å². The predicted octanol–water partition coefficient (Wildman–Crippen LogP) is 3.37. The van der Waals surface area contributed by atoms with E-state index in [9.17, 15) is 0 Å². The van der Waals surface area contributed by atoms with Gasteiger partial charge in [-0.3, -0.25) is 0 Å². The smallest absolute Gasteiger partial charge is 0.148 e. The third-order valence-electron chi connectivity index (χ3n) is 3.30. The van der Waals surface area contributed by atoms with Gasteiger partial charge in [-0.25, -0.2) is 4.98 Å². The molecule has 0 atom stereocenters. The van der Waals surface area contributed by atoms with Crippen molar-refractivity contribution < 1.29 is 0 Å². The van der Waals surface area contributed by atoms with Crippen LogP contribution >= 0.6 is 22.9 Å². The number of hydrogen-bond acceptors (Lipinski definition) is 6. The number of nitrogens with one attached hydrogen (secondary N) is 1. The highest BCUT2D eigenvalue weighted by molar-refractivity contribution is 7.11. The normalized spacial score (nSPS) is 22.8. The van der Waals surface area contributed by atoms with Gasteiger partial charge in [0, 0.05) is 11.4 Å². The Hall–Kier alpha value is -1.14. The van der Waals surface area contributed by atoms with Crippen LogP contribution in [-0.2, 0) is 0 Å². The van der Waals surface area contributed by atoms with Crippen LogP contribution in [-0.4, -0.2) is 15.4 Å². The summed E-state index contributed by atoms with van der Waals surface area (Å²) in [7, 11) is 0. The molecule has 0 bridgehead atoms. The molecule has 3 rings (SSSR count). The summed E-state index contributed by atoms with van der Waals surface area (Å²) in [6, 6.07) is 0.568. The van der Waals surface area contributed by atoms with Gasteiger partial charge in [0.2, 0.25) is 0 Å². The molecule has 96 valence electrons. The van der Waals surface area contributed by atoms with Crippen molar-refractivity contribution in [3.8, 4) is 11.3 Å². The van der Waals surface area contributed by atoms with Gasteiger partial charge in [0.25, 0.3) is 0 Å². The Balaban J connectivity index is 1.87. The maximum Gasteiger partial charge on any atom is 0.148 e. The van der Waals surface area contributed by atoms with Crippen LogP contribution in [0.25, 0.3) is 11.3 Å². The van der Waals surface area contributed by atoms with E-state index in [2.05, 4.69) is 21.6 Å². The van der Waals surface area contributed by atoms with Gasteiger partial charge >= 0.3 is 0 Å². The molecule has 0 unspecified atom stereocenters. The van der Waals surface area contributed by atoms with Gasteiger partial charge in [-0.1, -0.05) is 6.92 Å². The highest BCUT2D eigenvalue weighted by Gasteiger charge is 2.27. The number of aromatic nitrogens is 2. The summed E-state index contributed by atoms with van der Waals surface area (Å²) in [5, 5.41) is 7.71. The van der Waals surface area contributed by atoms with Crippen molar-refractivity contribution in [3.63, 3.8) is 0 Å². The number of hydrogen-bond donors (Lipinski definition) is 2. The zero-order chi connectivity index (χ0) is 12.7. The zero-order valence-corrected chi connectivity index (χ0v) is 12.1. The second-order valence-corrected chi connectivity index (χ2v) is 6.78. The van der Waals surface area contributed by atoms with Crippen molar-refractivity contribution >= 4 is 33.7 Å². The molecule has 3 N–H and O–H groups in total. The molecule has 18 heavy (non-hydrogen) atoms. The maximum atomic E-state index is 5.97. The standard InChI is InChI=1S/C12H16N4S2/c1-6-3-8(4-6)15-12-10(11(13)16-18-12)9-5-17-7(2)14-9/h5-6,8,15H,3-4H2,1-2H3,(H2,13,16). The van der Waals surface area contributed by atoms with Crippen LogP contribution in [0.15, 0.2) is 5.38 Å². The molecule has 0 amide bonds. The molecule has 0 spiro atoms. The van der Waals surface area contributed by atoms with E-state index in [1.54, 1.807) is 11.3 Å². The van der Waals surface area contributed by atoms with E-state index in [0.717, 1.165) is 27.2 Å². The molecule has 0 aromatic carbocycles. The first-order valence-corrected chi connectivity index (χ1v) is 7.73. The van der Waals surface area contributed by atoms with Crippen LogP contribution < -0.4 is 11.1 Å². The summed E-state index contributed by atoms with van der Waals surface area (Å²) in [6.45, 7) is 4.29. The fraction of sp³-hybridized carbons (Fsp3) is 0.500. The number of nitrogens with zero attached hydrogens (tertiary/aromatic N) is 2. The number of thiazole rings is 1. The summed E-state index contributed by atoms with van der Waals surface area (Å²) in [5.41, 5.74) is 7.89. The molecule has 2 heterocycles. The van der Waals surface area contributed by atoms with Gasteiger partial charge in [-0.2, -0.15) is 4.37 Å². The van der Waals surface area contributed by atoms with E-state index in [4.69, 9.17) is 5.73 Å². The molecule has 1 aliphatic carbocycles. The highest BCUT2D eigenvalue weighted by atomic mass is 32.1. The Kier molecular flexibility index (Phi) is 2.99. The molecule has 6 heteroatoms. The minimum atomic E-state index is 0.568. The second kappa shape index (κ2) is 4.51. The molecule has 4 nitrogen and oxygen atoms in total. The van der Waals surface area contributed by atoms with Crippen LogP contribution in [0.4, 0.5) is 10.8 Å². The molecule has 2 aromatic heterocycles. The first-order valence-electron chi connectivity index (χ1n) is 6.07. The molecule has 1 aliphatic rings. The van der Waals surface area contributed by atoms with Crippen molar-refractivity contribution in [3.05, 3.63) is 10.4 Å². The van der Waals surface area contributed by atoms with E-state index in [0.29, 0.717) is 11.9 Å². The SMILES string of the molecule is Cc1nc(-c2c(N)nsc2NC2CC(C)C2)cs1. The number of nitrogens with two attached hydrogens (primary N) is 1. The first-order chi connectivity index (χ1) is 8.63. The van der Waals surface area contributed by atoms with E-state index in [1.807, 2.05) is 12.3 Å². The molecule has 0 radical (unpaired) electrons. The summed E-state index contributed by atoms with van der Waals surface area (Å²) < 4.78 is 4.25. The molecular formula is C12H16N4S2.